The van der Waals surface area contributed by atoms with E-state index in [0.29, 0.717) is 6.54 Å². The third-order valence-electron chi connectivity index (χ3n) is 3.51. The lowest BCUT2D eigenvalue weighted by Crippen LogP contribution is -2.16. The van der Waals surface area contributed by atoms with E-state index in [4.69, 9.17) is 4.52 Å². The maximum Gasteiger partial charge on any atom is 0.343 e. The highest BCUT2D eigenvalue weighted by Gasteiger charge is 2.06. The van der Waals surface area contributed by atoms with Crippen LogP contribution in [0.15, 0.2) is 64.4 Å². The van der Waals surface area contributed by atoms with E-state index < -0.39 is 0 Å². The van der Waals surface area contributed by atoms with Gasteiger partial charge in [-0.3, -0.25) is 4.57 Å². The number of hydrogen-bond acceptors (Lipinski definition) is 5. The van der Waals surface area contributed by atoms with Crippen LogP contribution < -0.4 is 5.69 Å². The van der Waals surface area contributed by atoms with Gasteiger partial charge in [0.05, 0.1) is 6.54 Å². The van der Waals surface area contributed by atoms with E-state index in [1.54, 1.807) is 22.2 Å². The minimum Gasteiger partial charge on any atom is -0.364 e. The molecule has 0 atom stereocenters. The fourth-order valence-corrected chi connectivity index (χ4v) is 3.35. The van der Waals surface area contributed by atoms with Gasteiger partial charge in [-0.1, -0.05) is 29.4 Å². The van der Waals surface area contributed by atoms with Gasteiger partial charge >= 0.3 is 5.69 Å². The molecule has 1 aromatic carbocycles. The molecule has 0 spiro atoms. The van der Waals surface area contributed by atoms with Crippen LogP contribution in [0.5, 0.6) is 0 Å². The van der Waals surface area contributed by atoms with E-state index in [-0.39, 0.29) is 5.69 Å². The second-order valence-corrected chi connectivity index (χ2v) is 6.19. The van der Waals surface area contributed by atoms with Gasteiger partial charge in [-0.05, 0) is 17.7 Å². The number of benzene rings is 1. The van der Waals surface area contributed by atoms with Gasteiger partial charge in [-0.2, -0.15) is 5.10 Å². The average Bonchev–Trinajstić information content (AvgIpc) is 3.31. The molecule has 0 aliphatic rings. The molecular weight excluding hydrogens is 312 g/mol. The van der Waals surface area contributed by atoms with Gasteiger partial charge in [0, 0.05) is 21.4 Å². The number of aromatic amines is 1. The van der Waals surface area contributed by atoms with Crippen LogP contribution in [0.1, 0.15) is 4.88 Å². The highest BCUT2D eigenvalue weighted by molar-refractivity contribution is 7.15. The fraction of sp³-hybridized carbons (Fsp3) is 0.0625. The molecule has 7 heteroatoms. The lowest BCUT2D eigenvalue weighted by molar-refractivity contribution is 0.422. The molecule has 4 rings (SSSR count). The highest BCUT2D eigenvalue weighted by atomic mass is 32.1. The van der Waals surface area contributed by atoms with Gasteiger partial charge in [0.1, 0.15) is 18.3 Å². The van der Waals surface area contributed by atoms with E-state index in [1.807, 2.05) is 24.3 Å². The topological polar surface area (TPSA) is 76.7 Å². The van der Waals surface area contributed by atoms with Crippen molar-refractivity contribution in [3.63, 3.8) is 0 Å². The molecule has 0 saturated carbocycles. The molecule has 0 radical (unpaired) electrons. The maximum absolute atomic E-state index is 11.5. The van der Waals surface area contributed by atoms with Crippen molar-refractivity contribution < 1.29 is 4.52 Å². The standard InChI is InChI=1S/C16H12N4O2S/c21-16-18-17-10-20(16)9-13-5-6-15(23-13)12-3-1-11(2-4-12)14-7-8-22-19-14/h1-8,10H,9H2,(H,18,21). The second-order valence-electron chi connectivity index (χ2n) is 5.02. The summed E-state index contributed by atoms with van der Waals surface area (Å²) >= 11 is 1.66. The van der Waals surface area contributed by atoms with E-state index in [1.165, 1.54) is 6.33 Å². The van der Waals surface area contributed by atoms with Crippen LogP contribution in [0.3, 0.4) is 0 Å². The van der Waals surface area contributed by atoms with E-state index in [9.17, 15) is 4.79 Å². The summed E-state index contributed by atoms with van der Waals surface area (Å²) in [5, 5.41) is 10.1. The van der Waals surface area contributed by atoms with Crippen LogP contribution in [0.4, 0.5) is 0 Å². The Labute approximate surface area is 135 Å². The average molecular weight is 324 g/mol. The lowest BCUT2D eigenvalue weighted by atomic mass is 10.1. The van der Waals surface area contributed by atoms with Crippen LogP contribution in [-0.2, 0) is 6.54 Å². The van der Waals surface area contributed by atoms with Crippen molar-refractivity contribution in [1.82, 2.24) is 19.9 Å². The molecule has 0 saturated heterocycles. The van der Waals surface area contributed by atoms with Crippen molar-refractivity contribution in [2.45, 2.75) is 6.54 Å². The van der Waals surface area contributed by atoms with Crippen LogP contribution in [0.2, 0.25) is 0 Å². The van der Waals surface area contributed by atoms with E-state index >= 15 is 0 Å². The number of nitrogens with one attached hydrogen (secondary N) is 1. The summed E-state index contributed by atoms with van der Waals surface area (Å²) in [5.41, 5.74) is 2.77. The molecule has 3 heterocycles. The van der Waals surface area contributed by atoms with Crippen molar-refractivity contribution in [1.29, 1.82) is 0 Å². The summed E-state index contributed by atoms with van der Waals surface area (Å²) in [4.78, 5) is 13.7. The third-order valence-corrected chi connectivity index (χ3v) is 4.63. The van der Waals surface area contributed by atoms with Crippen molar-refractivity contribution in [3.8, 4) is 21.7 Å². The molecule has 1 N–H and O–H groups in total. The Morgan fingerprint density at radius 2 is 1.91 bits per heavy atom. The van der Waals surface area contributed by atoms with Gasteiger partial charge in [-0.25, -0.2) is 9.89 Å². The molecule has 6 nitrogen and oxygen atoms in total. The zero-order valence-electron chi connectivity index (χ0n) is 12.0. The first-order valence-electron chi connectivity index (χ1n) is 6.99. The molecule has 0 unspecified atom stereocenters. The van der Waals surface area contributed by atoms with Crippen molar-refractivity contribution in [2.75, 3.05) is 0 Å². The Bertz CT molecular complexity index is 964. The monoisotopic (exact) mass is 324 g/mol. The van der Waals surface area contributed by atoms with Gasteiger partial charge in [0.15, 0.2) is 0 Å². The SMILES string of the molecule is O=c1[nH]ncn1Cc1ccc(-c2ccc(-c3ccon3)cc2)s1. The van der Waals surface area contributed by atoms with Crippen LogP contribution in [0, 0.1) is 0 Å². The predicted octanol–water partition coefficient (Wildman–Crippen LogP) is 3.00. The molecule has 4 aromatic rings. The zero-order valence-corrected chi connectivity index (χ0v) is 12.8. The van der Waals surface area contributed by atoms with Gasteiger partial charge in [0.25, 0.3) is 0 Å². The van der Waals surface area contributed by atoms with Crippen molar-refractivity contribution >= 4 is 11.3 Å². The first-order valence-corrected chi connectivity index (χ1v) is 7.81. The number of thiophene rings is 1. The van der Waals surface area contributed by atoms with Crippen LogP contribution in [0.25, 0.3) is 21.7 Å². The minimum atomic E-state index is -0.197. The van der Waals surface area contributed by atoms with Gasteiger partial charge < -0.3 is 4.52 Å². The predicted molar refractivity (Wildman–Crippen MR) is 87.2 cm³/mol. The lowest BCUT2D eigenvalue weighted by Gasteiger charge is -2.00. The summed E-state index contributed by atoms with van der Waals surface area (Å²) in [6, 6.07) is 14.1. The normalized spacial score (nSPS) is 11.0. The van der Waals surface area contributed by atoms with Crippen molar-refractivity contribution in [3.05, 3.63) is 70.4 Å². The third kappa shape index (κ3) is 2.74. The Hall–Kier alpha value is -2.93. The smallest absolute Gasteiger partial charge is 0.343 e. The molecule has 0 aliphatic carbocycles. The largest absolute Gasteiger partial charge is 0.364 e. The summed E-state index contributed by atoms with van der Waals surface area (Å²) in [7, 11) is 0. The van der Waals surface area contributed by atoms with Crippen LogP contribution >= 0.6 is 11.3 Å². The molecule has 0 aliphatic heterocycles. The van der Waals surface area contributed by atoms with Crippen LogP contribution in [-0.4, -0.2) is 19.9 Å². The molecule has 0 amide bonds. The van der Waals surface area contributed by atoms with E-state index in [0.717, 1.165) is 26.6 Å². The summed E-state index contributed by atoms with van der Waals surface area (Å²) in [6.45, 7) is 0.525. The molecule has 0 bridgehead atoms. The first kappa shape index (κ1) is 13.7. The fourth-order valence-electron chi connectivity index (χ4n) is 2.34. The Kier molecular flexibility index (Phi) is 3.39. The Balaban J connectivity index is 1.57. The van der Waals surface area contributed by atoms with Gasteiger partial charge in [-0.15, -0.1) is 11.3 Å². The highest BCUT2D eigenvalue weighted by Crippen LogP contribution is 2.30. The minimum absolute atomic E-state index is 0.197. The number of aromatic nitrogens is 4. The number of nitrogens with zero attached hydrogens (tertiary/aromatic N) is 3. The number of rotatable bonds is 4. The number of H-pyrrole nitrogens is 1. The summed E-state index contributed by atoms with van der Waals surface area (Å²) in [6.07, 6.45) is 3.07. The van der Waals surface area contributed by atoms with E-state index in [2.05, 4.69) is 33.6 Å². The van der Waals surface area contributed by atoms with Crippen molar-refractivity contribution in [2.24, 2.45) is 0 Å². The zero-order chi connectivity index (χ0) is 15.6. The first-order chi connectivity index (χ1) is 11.3. The molecule has 23 heavy (non-hydrogen) atoms. The Morgan fingerprint density at radius 3 is 2.61 bits per heavy atom. The molecule has 3 aromatic heterocycles. The molecule has 0 fully saturated rings. The molecular formula is C16H12N4O2S. The second kappa shape index (κ2) is 5.69. The summed E-state index contributed by atoms with van der Waals surface area (Å²) in [5.74, 6) is 0. The van der Waals surface area contributed by atoms with Gasteiger partial charge in [0.2, 0.25) is 0 Å². The summed E-state index contributed by atoms with van der Waals surface area (Å²) < 4.78 is 6.41. The number of hydrogen-bond donors (Lipinski definition) is 1. The quantitative estimate of drug-likeness (QED) is 0.626. The maximum atomic E-state index is 11.5. The molecule has 114 valence electrons. The Morgan fingerprint density at radius 1 is 1.09 bits per heavy atom.